The topological polar surface area (TPSA) is 114 Å². The monoisotopic (exact) mass is 396 g/mol. The molecule has 2 aliphatic rings. The SMILES string of the molecule is C=N/C=C\C=C(/C)C(=O)NC1=Nc2c(ccc(OCCN)c2OC)C2=NCCN12. The number of benzene rings is 1. The Kier molecular flexibility index (Phi) is 6.40. The highest BCUT2D eigenvalue weighted by molar-refractivity contribution is 6.20. The van der Waals surface area contributed by atoms with Crippen molar-refractivity contribution >= 4 is 30.1 Å². The number of hydrogen-bond donors (Lipinski definition) is 2. The molecule has 0 saturated carbocycles. The maximum atomic E-state index is 12.6. The molecule has 9 nitrogen and oxygen atoms in total. The summed E-state index contributed by atoms with van der Waals surface area (Å²) in [7, 11) is 1.55. The van der Waals surface area contributed by atoms with Crippen LogP contribution in [-0.2, 0) is 4.79 Å². The van der Waals surface area contributed by atoms with E-state index in [2.05, 4.69) is 27.0 Å². The van der Waals surface area contributed by atoms with Crippen molar-refractivity contribution in [2.24, 2.45) is 20.7 Å². The van der Waals surface area contributed by atoms with Gasteiger partial charge in [-0.1, -0.05) is 6.08 Å². The maximum Gasteiger partial charge on any atom is 0.253 e. The lowest BCUT2D eigenvalue weighted by atomic mass is 10.1. The van der Waals surface area contributed by atoms with Gasteiger partial charge in [0.05, 0.1) is 13.7 Å². The molecule has 152 valence electrons. The Morgan fingerprint density at radius 2 is 2.31 bits per heavy atom. The minimum Gasteiger partial charge on any atom is -0.491 e. The number of nitrogens with zero attached hydrogens (tertiary/aromatic N) is 4. The fourth-order valence-corrected chi connectivity index (χ4v) is 2.99. The summed E-state index contributed by atoms with van der Waals surface area (Å²) in [6.45, 7) is 7.04. The van der Waals surface area contributed by atoms with E-state index in [1.165, 1.54) is 6.20 Å². The molecule has 2 heterocycles. The molecule has 0 fully saturated rings. The number of amides is 1. The molecule has 0 saturated heterocycles. The van der Waals surface area contributed by atoms with Crippen LogP contribution in [0.15, 0.2) is 51.0 Å². The second kappa shape index (κ2) is 9.16. The number of nitrogens with two attached hydrogens (primary N) is 1. The number of aliphatic imine (C=N–C) groups is 3. The zero-order chi connectivity index (χ0) is 20.8. The van der Waals surface area contributed by atoms with Crippen LogP contribution in [0.3, 0.4) is 0 Å². The molecule has 9 heteroatoms. The lowest BCUT2D eigenvalue weighted by Gasteiger charge is -2.28. The van der Waals surface area contributed by atoms with Crippen LogP contribution in [0.5, 0.6) is 11.5 Å². The van der Waals surface area contributed by atoms with Gasteiger partial charge in [-0.25, -0.2) is 4.99 Å². The summed E-state index contributed by atoms with van der Waals surface area (Å²) in [5, 5.41) is 2.86. The largest absolute Gasteiger partial charge is 0.491 e. The van der Waals surface area contributed by atoms with E-state index in [4.69, 9.17) is 15.2 Å². The number of rotatable bonds is 7. The molecule has 3 N–H and O–H groups in total. The number of allylic oxidation sites excluding steroid dienone is 2. The number of nitrogens with one attached hydrogen (secondary N) is 1. The van der Waals surface area contributed by atoms with Gasteiger partial charge in [-0.15, -0.1) is 0 Å². The lowest BCUT2D eigenvalue weighted by molar-refractivity contribution is -0.116. The fourth-order valence-electron chi connectivity index (χ4n) is 2.99. The van der Waals surface area contributed by atoms with Gasteiger partial charge < -0.3 is 15.2 Å². The first-order chi connectivity index (χ1) is 14.1. The maximum absolute atomic E-state index is 12.6. The van der Waals surface area contributed by atoms with E-state index in [9.17, 15) is 4.79 Å². The van der Waals surface area contributed by atoms with Crippen molar-refractivity contribution in [3.05, 3.63) is 41.6 Å². The summed E-state index contributed by atoms with van der Waals surface area (Å²) in [5.41, 5.74) is 7.43. The standard InChI is InChI=1S/C20H24N6O3/c1-13(5-4-9-22-2)19(27)25-20-24-16-14(18-23-10-11-26(18)20)6-7-15(17(16)28-3)29-12-8-21/h4-7,9H,2,8,10-12,21H2,1,3H3,(H,24,25,27)/b9-4-,13-5+. The van der Waals surface area contributed by atoms with Gasteiger partial charge in [-0.3, -0.25) is 25.0 Å². The first-order valence-electron chi connectivity index (χ1n) is 9.16. The highest BCUT2D eigenvalue weighted by Gasteiger charge is 2.33. The van der Waals surface area contributed by atoms with Gasteiger partial charge in [-0.05, 0) is 31.9 Å². The number of hydrogen-bond acceptors (Lipinski definition) is 8. The number of amidine groups is 1. The van der Waals surface area contributed by atoms with Gasteiger partial charge in [0.25, 0.3) is 5.91 Å². The first-order valence-corrected chi connectivity index (χ1v) is 9.16. The second-order valence-corrected chi connectivity index (χ2v) is 6.25. The van der Waals surface area contributed by atoms with Crippen LogP contribution < -0.4 is 20.5 Å². The molecule has 0 radical (unpaired) electrons. The van der Waals surface area contributed by atoms with Gasteiger partial charge in [0.2, 0.25) is 5.96 Å². The third kappa shape index (κ3) is 4.19. The van der Waals surface area contributed by atoms with E-state index in [-0.39, 0.29) is 5.91 Å². The van der Waals surface area contributed by atoms with Gasteiger partial charge in [0.1, 0.15) is 18.1 Å². The van der Waals surface area contributed by atoms with Crippen molar-refractivity contribution in [1.82, 2.24) is 10.2 Å². The molecule has 0 aromatic heterocycles. The Hall–Kier alpha value is -3.46. The van der Waals surface area contributed by atoms with E-state index < -0.39 is 0 Å². The Morgan fingerprint density at radius 3 is 3.03 bits per heavy atom. The van der Waals surface area contributed by atoms with E-state index in [0.717, 1.165) is 11.4 Å². The normalized spacial score (nSPS) is 15.4. The summed E-state index contributed by atoms with van der Waals surface area (Å²) in [6.07, 6.45) is 4.80. The molecular formula is C20H24N6O3. The van der Waals surface area contributed by atoms with Crippen LogP contribution >= 0.6 is 0 Å². The van der Waals surface area contributed by atoms with E-state index in [1.54, 1.807) is 26.2 Å². The third-order valence-corrected chi connectivity index (χ3v) is 4.35. The second-order valence-electron chi connectivity index (χ2n) is 6.25. The van der Waals surface area contributed by atoms with Crippen molar-refractivity contribution in [2.45, 2.75) is 6.92 Å². The van der Waals surface area contributed by atoms with E-state index >= 15 is 0 Å². The zero-order valence-corrected chi connectivity index (χ0v) is 16.5. The highest BCUT2D eigenvalue weighted by Crippen LogP contribution is 2.43. The quantitative estimate of drug-likeness (QED) is 0.410. The molecule has 2 aliphatic heterocycles. The average Bonchev–Trinajstić information content (AvgIpc) is 3.22. The lowest BCUT2D eigenvalue weighted by Crippen LogP contribution is -2.47. The molecule has 0 unspecified atom stereocenters. The number of fused-ring (bicyclic) bond motifs is 3. The minimum atomic E-state index is -0.276. The van der Waals surface area contributed by atoms with Gasteiger partial charge in [0, 0.05) is 30.4 Å². The van der Waals surface area contributed by atoms with E-state index in [0.29, 0.717) is 55.0 Å². The molecular weight excluding hydrogens is 372 g/mol. The van der Waals surface area contributed by atoms with Crippen LogP contribution in [-0.4, -0.2) is 62.7 Å². The van der Waals surface area contributed by atoms with Crippen molar-refractivity contribution < 1.29 is 14.3 Å². The third-order valence-electron chi connectivity index (χ3n) is 4.35. The minimum absolute atomic E-state index is 0.276. The molecule has 1 aromatic carbocycles. The predicted molar refractivity (Wildman–Crippen MR) is 113 cm³/mol. The van der Waals surface area contributed by atoms with Crippen LogP contribution in [0, 0.1) is 0 Å². The summed E-state index contributed by atoms with van der Waals surface area (Å²) in [5.74, 6) is 1.88. The molecule has 1 amide bonds. The van der Waals surface area contributed by atoms with Crippen molar-refractivity contribution in [2.75, 3.05) is 33.4 Å². The Labute approximate surface area is 169 Å². The summed E-state index contributed by atoms with van der Waals surface area (Å²) >= 11 is 0. The zero-order valence-electron chi connectivity index (χ0n) is 16.5. The highest BCUT2D eigenvalue weighted by atomic mass is 16.5. The number of carbonyl (C=O) groups is 1. The first kappa shape index (κ1) is 20.3. The number of carbonyl (C=O) groups excluding carboxylic acids is 1. The Balaban J connectivity index is 1.98. The van der Waals surface area contributed by atoms with Crippen molar-refractivity contribution in [3.63, 3.8) is 0 Å². The Morgan fingerprint density at radius 1 is 1.48 bits per heavy atom. The van der Waals surface area contributed by atoms with Crippen molar-refractivity contribution in [1.29, 1.82) is 0 Å². The average molecular weight is 396 g/mol. The number of methoxy groups -OCH3 is 1. The van der Waals surface area contributed by atoms with Crippen LogP contribution in [0.2, 0.25) is 0 Å². The summed E-state index contributed by atoms with van der Waals surface area (Å²) in [4.78, 5) is 27.3. The molecule has 3 rings (SSSR count). The van der Waals surface area contributed by atoms with Gasteiger partial charge >= 0.3 is 0 Å². The van der Waals surface area contributed by atoms with Gasteiger partial charge in [-0.2, -0.15) is 0 Å². The van der Waals surface area contributed by atoms with E-state index in [1.807, 2.05) is 17.0 Å². The smallest absolute Gasteiger partial charge is 0.253 e. The van der Waals surface area contributed by atoms with Crippen LogP contribution in [0.25, 0.3) is 0 Å². The molecule has 0 spiro atoms. The molecule has 1 aromatic rings. The predicted octanol–water partition coefficient (Wildman–Crippen LogP) is 1.37. The van der Waals surface area contributed by atoms with Crippen molar-refractivity contribution in [3.8, 4) is 11.5 Å². The molecule has 0 aliphatic carbocycles. The molecule has 0 bridgehead atoms. The van der Waals surface area contributed by atoms with Crippen LogP contribution in [0.4, 0.5) is 5.69 Å². The summed E-state index contributed by atoms with van der Waals surface area (Å²) < 4.78 is 11.2. The van der Waals surface area contributed by atoms with Gasteiger partial charge in [0.15, 0.2) is 11.5 Å². The number of ether oxygens (including phenoxy) is 2. The molecule has 29 heavy (non-hydrogen) atoms. The molecule has 0 atom stereocenters. The fraction of sp³-hybridized carbons (Fsp3) is 0.300. The number of guanidine groups is 1. The summed E-state index contributed by atoms with van der Waals surface area (Å²) in [6, 6.07) is 3.71. The Bertz CT molecular complexity index is 932. The van der Waals surface area contributed by atoms with Crippen LogP contribution in [0.1, 0.15) is 12.5 Å².